The summed E-state index contributed by atoms with van der Waals surface area (Å²) in [5.41, 5.74) is 7.02. The molecule has 104 valence electrons. The Morgan fingerprint density at radius 3 is 2.58 bits per heavy atom. The molecule has 0 aliphatic rings. The molecule has 0 fully saturated rings. The minimum atomic E-state index is -0.971. The molecule has 4 N–H and O–H groups in total. The lowest BCUT2D eigenvalue weighted by molar-refractivity contribution is -0.119. The first-order valence-corrected chi connectivity index (χ1v) is 6.34. The molecule has 1 amide bonds. The number of nitrogens with one attached hydrogen (secondary N) is 1. The highest BCUT2D eigenvalue weighted by molar-refractivity contribution is 5.94. The minimum absolute atomic E-state index is 0.119. The normalized spacial score (nSPS) is 11.9. The minimum Gasteiger partial charge on any atom is -0.478 e. The third-order valence-corrected chi connectivity index (χ3v) is 3.02. The molecule has 1 aromatic carbocycles. The van der Waals surface area contributed by atoms with Gasteiger partial charge in [-0.2, -0.15) is 0 Å². The van der Waals surface area contributed by atoms with E-state index in [9.17, 15) is 9.59 Å². The van der Waals surface area contributed by atoms with Crippen LogP contribution in [-0.2, 0) is 4.79 Å². The lowest BCUT2D eigenvalue weighted by Gasteiger charge is -2.14. The van der Waals surface area contributed by atoms with Gasteiger partial charge < -0.3 is 16.2 Å². The molecule has 1 atom stereocenters. The molecule has 5 heteroatoms. The second kappa shape index (κ2) is 6.89. The maximum atomic E-state index is 12.0. The largest absolute Gasteiger partial charge is 0.478 e. The van der Waals surface area contributed by atoms with Crippen LogP contribution in [0.3, 0.4) is 0 Å². The highest BCUT2D eigenvalue weighted by atomic mass is 16.4. The number of carboxylic acid groups (broad SMARTS) is 1. The van der Waals surface area contributed by atoms with Crippen LogP contribution < -0.4 is 11.1 Å². The van der Waals surface area contributed by atoms with Crippen LogP contribution in [0.4, 0.5) is 5.69 Å². The van der Waals surface area contributed by atoms with Crippen molar-refractivity contribution in [2.45, 2.75) is 26.7 Å². The van der Waals surface area contributed by atoms with Crippen molar-refractivity contribution in [3.05, 3.63) is 29.3 Å². The molecule has 0 saturated heterocycles. The molecule has 19 heavy (non-hydrogen) atoms. The molecule has 0 aromatic heterocycles. The number of carbonyl (C=O) groups is 2. The molecule has 0 radical (unpaired) electrons. The van der Waals surface area contributed by atoms with Crippen molar-refractivity contribution in [3.8, 4) is 0 Å². The Hall–Kier alpha value is -1.88. The second-order valence-corrected chi connectivity index (χ2v) is 4.55. The van der Waals surface area contributed by atoms with Gasteiger partial charge in [0, 0.05) is 12.2 Å². The van der Waals surface area contributed by atoms with E-state index < -0.39 is 5.97 Å². The monoisotopic (exact) mass is 264 g/mol. The van der Waals surface area contributed by atoms with E-state index in [0.29, 0.717) is 17.8 Å². The van der Waals surface area contributed by atoms with E-state index >= 15 is 0 Å². The van der Waals surface area contributed by atoms with E-state index in [0.717, 1.165) is 12.8 Å². The Balaban J connectivity index is 2.80. The van der Waals surface area contributed by atoms with Gasteiger partial charge in [-0.1, -0.05) is 13.3 Å². The summed E-state index contributed by atoms with van der Waals surface area (Å²) in [6.45, 7) is 4.01. The van der Waals surface area contributed by atoms with Crippen LogP contribution >= 0.6 is 0 Å². The van der Waals surface area contributed by atoms with E-state index in [1.165, 1.54) is 6.07 Å². The van der Waals surface area contributed by atoms with Crippen LogP contribution in [0.1, 0.15) is 35.7 Å². The quantitative estimate of drug-likeness (QED) is 0.732. The van der Waals surface area contributed by atoms with Crippen molar-refractivity contribution in [2.75, 3.05) is 11.9 Å². The first-order chi connectivity index (χ1) is 8.99. The maximum absolute atomic E-state index is 12.0. The Morgan fingerprint density at radius 2 is 2.11 bits per heavy atom. The van der Waals surface area contributed by atoms with Gasteiger partial charge in [-0.25, -0.2) is 4.79 Å². The first-order valence-electron chi connectivity index (χ1n) is 6.34. The molecule has 0 bridgehead atoms. The van der Waals surface area contributed by atoms with Crippen molar-refractivity contribution >= 4 is 17.6 Å². The number of hydrogen-bond acceptors (Lipinski definition) is 3. The fourth-order valence-corrected chi connectivity index (χ4v) is 1.93. The van der Waals surface area contributed by atoms with Crippen LogP contribution in [-0.4, -0.2) is 23.5 Å². The van der Waals surface area contributed by atoms with Gasteiger partial charge in [0.2, 0.25) is 5.91 Å². The summed E-state index contributed by atoms with van der Waals surface area (Å²) < 4.78 is 0. The first kappa shape index (κ1) is 15.2. The van der Waals surface area contributed by atoms with E-state index in [2.05, 4.69) is 5.32 Å². The number of aryl methyl sites for hydroxylation is 1. The molecule has 0 heterocycles. The molecule has 0 aliphatic carbocycles. The Morgan fingerprint density at radius 1 is 1.42 bits per heavy atom. The number of hydrogen-bond donors (Lipinski definition) is 3. The number of nitrogens with two attached hydrogens (primary N) is 1. The summed E-state index contributed by atoms with van der Waals surface area (Å²) in [7, 11) is 0. The molecular formula is C14H20N2O3. The van der Waals surface area contributed by atoms with Crippen molar-refractivity contribution in [2.24, 2.45) is 11.7 Å². The summed E-state index contributed by atoms with van der Waals surface area (Å²) in [4.78, 5) is 22.8. The van der Waals surface area contributed by atoms with Crippen LogP contribution in [0.25, 0.3) is 0 Å². The average Bonchev–Trinajstić information content (AvgIpc) is 2.35. The lowest BCUT2D eigenvalue weighted by atomic mass is 10.0. The van der Waals surface area contributed by atoms with Crippen molar-refractivity contribution in [3.63, 3.8) is 0 Å². The predicted octanol–water partition coefficient (Wildman–Crippen LogP) is 2.01. The maximum Gasteiger partial charge on any atom is 0.335 e. The molecule has 1 aromatic rings. The Bertz CT molecular complexity index is 472. The van der Waals surface area contributed by atoms with Gasteiger partial charge in [0.25, 0.3) is 0 Å². The lowest BCUT2D eigenvalue weighted by Crippen LogP contribution is -2.29. The molecule has 0 saturated carbocycles. The van der Waals surface area contributed by atoms with Crippen molar-refractivity contribution in [1.82, 2.24) is 0 Å². The van der Waals surface area contributed by atoms with Crippen molar-refractivity contribution in [1.29, 1.82) is 0 Å². The molecule has 1 unspecified atom stereocenters. The zero-order valence-electron chi connectivity index (χ0n) is 11.3. The standard InChI is InChI=1S/C14H20N2O3/c1-3-4-10(8-15)13(17)16-11-5-6-12(14(18)19)9(2)7-11/h5-7,10H,3-4,8,15H2,1-2H3,(H,16,17)(H,18,19). The van der Waals surface area contributed by atoms with E-state index in [4.69, 9.17) is 10.8 Å². The summed E-state index contributed by atoms with van der Waals surface area (Å²) in [5.74, 6) is -1.29. The molecule has 5 nitrogen and oxygen atoms in total. The number of aromatic carboxylic acids is 1. The van der Waals surface area contributed by atoms with E-state index in [1.54, 1.807) is 19.1 Å². The third-order valence-electron chi connectivity index (χ3n) is 3.02. The van der Waals surface area contributed by atoms with Crippen molar-refractivity contribution < 1.29 is 14.7 Å². The zero-order valence-corrected chi connectivity index (χ0v) is 11.3. The number of rotatable bonds is 6. The van der Waals surface area contributed by atoms with E-state index in [1.807, 2.05) is 6.92 Å². The van der Waals surface area contributed by atoms with Crippen LogP contribution in [0.15, 0.2) is 18.2 Å². The Kier molecular flexibility index (Phi) is 5.51. The van der Waals surface area contributed by atoms with Gasteiger partial charge in [-0.15, -0.1) is 0 Å². The topological polar surface area (TPSA) is 92.4 Å². The average molecular weight is 264 g/mol. The fraction of sp³-hybridized carbons (Fsp3) is 0.429. The highest BCUT2D eigenvalue weighted by Gasteiger charge is 2.16. The number of carbonyl (C=O) groups excluding carboxylic acids is 1. The number of benzene rings is 1. The van der Waals surface area contributed by atoms with Gasteiger partial charge >= 0.3 is 5.97 Å². The highest BCUT2D eigenvalue weighted by Crippen LogP contribution is 2.17. The number of anilines is 1. The predicted molar refractivity (Wildman–Crippen MR) is 74.2 cm³/mol. The number of carboxylic acids is 1. The SMILES string of the molecule is CCCC(CN)C(=O)Nc1ccc(C(=O)O)c(C)c1. The third kappa shape index (κ3) is 4.06. The second-order valence-electron chi connectivity index (χ2n) is 4.55. The van der Waals surface area contributed by atoms with Gasteiger partial charge in [0.05, 0.1) is 11.5 Å². The molecular weight excluding hydrogens is 244 g/mol. The van der Waals surface area contributed by atoms with Gasteiger partial charge in [0.15, 0.2) is 0 Å². The summed E-state index contributed by atoms with van der Waals surface area (Å²) in [6.07, 6.45) is 1.64. The summed E-state index contributed by atoms with van der Waals surface area (Å²) in [5, 5.41) is 11.7. The summed E-state index contributed by atoms with van der Waals surface area (Å²) >= 11 is 0. The van der Waals surface area contributed by atoms with Crippen LogP contribution in [0.5, 0.6) is 0 Å². The van der Waals surface area contributed by atoms with Gasteiger partial charge in [0.1, 0.15) is 0 Å². The van der Waals surface area contributed by atoms with Crippen LogP contribution in [0, 0.1) is 12.8 Å². The molecule has 0 aliphatic heterocycles. The smallest absolute Gasteiger partial charge is 0.335 e. The molecule has 1 rings (SSSR count). The Labute approximate surface area is 112 Å². The summed E-state index contributed by atoms with van der Waals surface area (Å²) in [6, 6.07) is 4.74. The van der Waals surface area contributed by atoms with Gasteiger partial charge in [-0.3, -0.25) is 4.79 Å². The zero-order chi connectivity index (χ0) is 14.4. The molecule has 0 spiro atoms. The van der Waals surface area contributed by atoms with Gasteiger partial charge in [-0.05, 0) is 37.1 Å². The number of amides is 1. The van der Waals surface area contributed by atoms with Crippen LogP contribution in [0.2, 0.25) is 0 Å². The fourth-order valence-electron chi connectivity index (χ4n) is 1.93. The van der Waals surface area contributed by atoms with E-state index in [-0.39, 0.29) is 17.4 Å².